The molecule has 5 aromatic rings. The Kier molecular flexibility index (Phi) is 6.76. The average molecular weight is 552 g/mol. The van der Waals surface area contributed by atoms with Gasteiger partial charge in [0.05, 0.1) is 11.1 Å². The zero-order chi connectivity index (χ0) is 28.6. The fraction of sp³-hybridized carbons (Fsp3) is 0.0714. The summed E-state index contributed by atoms with van der Waals surface area (Å²) in [5, 5.41) is 2.44. The fourth-order valence-electron chi connectivity index (χ4n) is 3.98. The Morgan fingerprint density at radius 2 is 1.73 bits per heavy atom. The summed E-state index contributed by atoms with van der Waals surface area (Å²) in [6.07, 6.45) is -1.57. The molecule has 7 nitrogen and oxygen atoms in total. The molecule has 12 heteroatoms. The molecule has 0 saturated heterocycles. The van der Waals surface area contributed by atoms with Gasteiger partial charge in [0.25, 0.3) is 5.91 Å². The van der Waals surface area contributed by atoms with Crippen molar-refractivity contribution in [2.75, 3.05) is 5.32 Å². The molecule has 0 spiro atoms. The van der Waals surface area contributed by atoms with Gasteiger partial charge in [-0.1, -0.05) is 12.1 Å². The van der Waals surface area contributed by atoms with Crippen LogP contribution in [0.3, 0.4) is 0 Å². The average Bonchev–Trinajstić information content (AvgIpc) is 2.90. The van der Waals surface area contributed by atoms with Crippen LogP contribution in [-0.2, 0) is 6.18 Å². The van der Waals surface area contributed by atoms with E-state index >= 15 is 0 Å². The van der Waals surface area contributed by atoms with E-state index in [4.69, 9.17) is 4.74 Å². The Bertz CT molecular complexity index is 1820. The van der Waals surface area contributed by atoms with Crippen LogP contribution in [0.1, 0.15) is 21.6 Å². The Labute approximate surface area is 222 Å². The van der Waals surface area contributed by atoms with Gasteiger partial charge in [-0.2, -0.15) is 13.2 Å². The van der Waals surface area contributed by atoms with E-state index in [1.54, 1.807) is 6.92 Å². The third-order valence-corrected chi connectivity index (χ3v) is 5.93. The third-order valence-electron chi connectivity index (χ3n) is 5.93. The summed E-state index contributed by atoms with van der Waals surface area (Å²) in [5.74, 6) is -2.53. The van der Waals surface area contributed by atoms with E-state index in [1.165, 1.54) is 54.9 Å². The van der Waals surface area contributed by atoms with Gasteiger partial charge in [-0.3, -0.25) is 19.6 Å². The highest BCUT2D eigenvalue weighted by atomic mass is 19.4. The molecule has 202 valence electrons. The second kappa shape index (κ2) is 10.2. The van der Waals surface area contributed by atoms with Crippen LogP contribution < -0.4 is 15.5 Å². The molecule has 0 radical (unpaired) electrons. The quantitative estimate of drug-likeness (QED) is 0.239. The first kappa shape index (κ1) is 26.5. The van der Waals surface area contributed by atoms with Crippen LogP contribution in [-0.4, -0.2) is 20.9 Å². The van der Waals surface area contributed by atoms with Crippen molar-refractivity contribution in [3.05, 3.63) is 112 Å². The maximum Gasteiger partial charge on any atom is 0.417 e. The van der Waals surface area contributed by atoms with E-state index < -0.39 is 34.7 Å². The molecule has 0 unspecified atom stereocenters. The highest BCUT2D eigenvalue weighted by Gasteiger charge is 2.31. The Balaban J connectivity index is 1.38. The first-order chi connectivity index (χ1) is 19.0. The molecule has 40 heavy (non-hydrogen) atoms. The molecular weight excluding hydrogens is 535 g/mol. The molecule has 0 saturated carbocycles. The van der Waals surface area contributed by atoms with Crippen LogP contribution >= 0.6 is 0 Å². The third kappa shape index (κ3) is 5.23. The molecule has 3 heterocycles. The van der Waals surface area contributed by atoms with Crippen LogP contribution in [0.2, 0.25) is 0 Å². The number of hydrogen-bond donors (Lipinski definition) is 2. The highest BCUT2D eigenvalue weighted by Crippen LogP contribution is 2.34. The number of benzene rings is 2. The summed E-state index contributed by atoms with van der Waals surface area (Å²) < 4.78 is 72.8. The van der Waals surface area contributed by atoms with Crippen molar-refractivity contribution < 1.29 is 31.5 Å². The van der Waals surface area contributed by atoms with Crippen LogP contribution in [0.15, 0.2) is 78.0 Å². The van der Waals surface area contributed by atoms with Gasteiger partial charge in [0, 0.05) is 47.7 Å². The minimum Gasteiger partial charge on any atom is -0.452 e. The molecule has 3 aromatic heterocycles. The van der Waals surface area contributed by atoms with Gasteiger partial charge in [0.15, 0.2) is 17.3 Å². The Morgan fingerprint density at radius 3 is 2.42 bits per heavy atom. The predicted octanol–water partition coefficient (Wildman–Crippen LogP) is 6.64. The molecule has 2 N–H and O–H groups in total. The van der Waals surface area contributed by atoms with Crippen molar-refractivity contribution in [1.82, 2.24) is 15.0 Å². The van der Waals surface area contributed by atoms with Gasteiger partial charge < -0.3 is 15.0 Å². The molecule has 0 bridgehead atoms. The van der Waals surface area contributed by atoms with Gasteiger partial charge in [0.1, 0.15) is 16.9 Å². The minimum atomic E-state index is -4.61. The number of halogens is 5. The molecule has 2 aromatic carbocycles. The zero-order valence-electron chi connectivity index (χ0n) is 20.4. The molecule has 0 fully saturated rings. The van der Waals surface area contributed by atoms with Crippen molar-refractivity contribution in [2.24, 2.45) is 0 Å². The maximum absolute atomic E-state index is 14.9. The van der Waals surface area contributed by atoms with E-state index in [1.807, 2.05) is 0 Å². The van der Waals surface area contributed by atoms with Gasteiger partial charge in [-0.05, 0) is 42.8 Å². The number of aromatic amines is 1. The van der Waals surface area contributed by atoms with E-state index in [0.717, 1.165) is 12.1 Å². The first-order valence-electron chi connectivity index (χ1n) is 11.6. The second-order valence-electron chi connectivity index (χ2n) is 8.64. The number of fused-ring (bicyclic) bond motifs is 1. The smallest absolute Gasteiger partial charge is 0.417 e. The minimum absolute atomic E-state index is 0.00527. The Hall–Kier alpha value is -5.13. The number of carbonyl (C=O) groups is 1. The lowest BCUT2D eigenvalue weighted by Crippen LogP contribution is -2.23. The standard InChI is InChI=1S/C28H17F5N4O3/c1-14-24(15-2-4-17(29)5-3-15)26(38)19(13-35-14)27(39)37-18-6-7-22(20(30)11-18)40-23-8-9-34-21-10-16(28(31,32)33)12-36-25(21)23/h2-13H,1H3,(H,35,38)(H,37,39). The van der Waals surface area contributed by atoms with E-state index in [2.05, 4.69) is 20.3 Å². The molecule has 0 atom stereocenters. The lowest BCUT2D eigenvalue weighted by Gasteiger charge is -2.12. The number of aryl methyl sites for hydroxylation is 1. The highest BCUT2D eigenvalue weighted by molar-refractivity contribution is 6.04. The van der Waals surface area contributed by atoms with Crippen LogP contribution in [0.25, 0.3) is 22.2 Å². The topological polar surface area (TPSA) is 97.0 Å². The van der Waals surface area contributed by atoms with Gasteiger partial charge >= 0.3 is 6.18 Å². The lowest BCUT2D eigenvalue weighted by molar-refractivity contribution is -0.137. The number of rotatable bonds is 5. The van der Waals surface area contributed by atoms with Crippen LogP contribution in [0.4, 0.5) is 27.6 Å². The normalized spacial score (nSPS) is 11.4. The summed E-state index contributed by atoms with van der Waals surface area (Å²) in [6.45, 7) is 1.63. The number of hydrogen-bond acceptors (Lipinski definition) is 5. The monoisotopic (exact) mass is 552 g/mol. The zero-order valence-corrected chi connectivity index (χ0v) is 20.4. The summed E-state index contributed by atoms with van der Waals surface area (Å²) in [6, 6.07) is 10.8. The van der Waals surface area contributed by atoms with E-state index in [0.29, 0.717) is 17.5 Å². The predicted molar refractivity (Wildman–Crippen MR) is 136 cm³/mol. The second-order valence-corrected chi connectivity index (χ2v) is 8.64. The van der Waals surface area contributed by atoms with Crippen molar-refractivity contribution in [3.63, 3.8) is 0 Å². The van der Waals surface area contributed by atoms with Crippen molar-refractivity contribution in [1.29, 1.82) is 0 Å². The number of nitrogens with one attached hydrogen (secondary N) is 2. The summed E-state index contributed by atoms with van der Waals surface area (Å²) in [4.78, 5) is 36.4. The molecule has 0 aliphatic heterocycles. The van der Waals surface area contributed by atoms with E-state index in [9.17, 15) is 31.5 Å². The molecule has 5 rings (SSSR count). The van der Waals surface area contributed by atoms with Gasteiger partial charge in [-0.25, -0.2) is 8.78 Å². The number of ether oxygens (including phenoxy) is 1. The molecule has 1 amide bonds. The van der Waals surface area contributed by atoms with Crippen molar-refractivity contribution in [3.8, 4) is 22.6 Å². The first-order valence-corrected chi connectivity index (χ1v) is 11.6. The summed E-state index contributed by atoms with van der Waals surface area (Å²) in [5.41, 5.74) is -0.891. The van der Waals surface area contributed by atoms with Crippen LogP contribution in [0.5, 0.6) is 11.5 Å². The number of aromatic nitrogens is 3. The van der Waals surface area contributed by atoms with E-state index in [-0.39, 0.29) is 39.3 Å². The summed E-state index contributed by atoms with van der Waals surface area (Å²) >= 11 is 0. The van der Waals surface area contributed by atoms with Gasteiger partial charge in [-0.15, -0.1) is 0 Å². The lowest BCUT2D eigenvalue weighted by atomic mass is 10.0. The number of anilines is 1. The summed E-state index contributed by atoms with van der Waals surface area (Å²) in [7, 11) is 0. The fourth-order valence-corrected chi connectivity index (χ4v) is 3.98. The Morgan fingerprint density at radius 1 is 0.975 bits per heavy atom. The SMILES string of the molecule is Cc1[nH]cc(C(=O)Nc2ccc(Oc3ccnc4cc(C(F)(F)F)cnc34)c(F)c2)c(=O)c1-c1ccc(F)cc1. The molecule has 0 aliphatic rings. The number of carbonyl (C=O) groups excluding carboxylic acids is 1. The van der Waals surface area contributed by atoms with Crippen LogP contribution in [0, 0.1) is 18.6 Å². The maximum atomic E-state index is 14.9. The number of nitrogens with zero attached hydrogens (tertiary/aromatic N) is 2. The number of pyridine rings is 3. The molecular formula is C28H17F5N4O3. The van der Waals surface area contributed by atoms with Gasteiger partial charge in [0.2, 0.25) is 5.43 Å². The molecule has 0 aliphatic carbocycles. The largest absolute Gasteiger partial charge is 0.452 e. The number of alkyl halides is 3. The number of H-pyrrole nitrogens is 1. The van der Waals surface area contributed by atoms with Crippen molar-refractivity contribution in [2.45, 2.75) is 13.1 Å². The number of amides is 1. The van der Waals surface area contributed by atoms with Crippen molar-refractivity contribution >= 4 is 22.6 Å².